The van der Waals surface area contributed by atoms with Crippen LogP contribution in [-0.4, -0.2) is 29.2 Å². The molecule has 0 atom stereocenters. The molecule has 0 saturated heterocycles. The van der Waals surface area contributed by atoms with Crippen LogP contribution < -0.4 is 14.2 Å². The summed E-state index contributed by atoms with van der Waals surface area (Å²) in [5.41, 5.74) is 1.52. The molecule has 0 spiro atoms. The SMILES string of the molecule is COc1ccc(S(=O)(=O)NCCc2ccc(C#N)cc2)cc1OC. The summed E-state index contributed by atoms with van der Waals surface area (Å²) in [7, 11) is -0.700. The molecule has 0 fully saturated rings. The Morgan fingerprint density at radius 3 is 2.29 bits per heavy atom. The van der Waals surface area contributed by atoms with Gasteiger partial charge in [-0.05, 0) is 36.2 Å². The lowest BCUT2D eigenvalue weighted by atomic mass is 10.1. The van der Waals surface area contributed by atoms with E-state index in [2.05, 4.69) is 4.72 Å². The number of benzene rings is 2. The van der Waals surface area contributed by atoms with Crippen LogP contribution in [0.5, 0.6) is 11.5 Å². The van der Waals surface area contributed by atoms with E-state index in [0.717, 1.165) is 5.56 Å². The van der Waals surface area contributed by atoms with E-state index < -0.39 is 10.0 Å². The fourth-order valence-corrected chi connectivity index (χ4v) is 3.19. The minimum atomic E-state index is -3.64. The van der Waals surface area contributed by atoms with Gasteiger partial charge in [-0.3, -0.25) is 0 Å². The van der Waals surface area contributed by atoms with Gasteiger partial charge in [0, 0.05) is 12.6 Å². The third-order valence-electron chi connectivity index (χ3n) is 3.45. The molecule has 0 saturated carbocycles. The molecule has 24 heavy (non-hydrogen) atoms. The first-order valence-corrected chi connectivity index (χ1v) is 8.69. The fraction of sp³-hybridized carbons (Fsp3) is 0.235. The van der Waals surface area contributed by atoms with E-state index in [0.29, 0.717) is 23.5 Å². The monoisotopic (exact) mass is 346 g/mol. The first-order valence-electron chi connectivity index (χ1n) is 7.21. The number of nitrogens with zero attached hydrogens (tertiary/aromatic N) is 1. The van der Waals surface area contributed by atoms with Gasteiger partial charge < -0.3 is 9.47 Å². The van der Waals surface area contributed by atoms with Crippen LogP contribution in [-0.2, 0) is 16.4 Å². The number of hydrogen-bond donors (Lipinski definition) is 1. The zero-order valence-corrected chi connectivity index (χ0v) is 14.3. The van der Waals surface area contributed by atoms with Crippen molar-refractivity contribution in [2.75, 3.05) is 20.8 Å². The molecule has 0 amide bonds. The van der Waals surface area contributed by atoms with E-state index in [1.54, 1.807) is 18.2 Å². The Morgan fingerprint density at radius 2 is 1.71 bits per heavy atom. The first kappa shape index (κ1) is 17.8. The van der Waals surface area contributed by atoms with Crippen molar-refractivity contribution in [1.29, 1.82) is 5.26 Å². The summed E-state index contributed by atoms with van der Waals surface area (Å²) in [6.45, 7) is 0.253. The van der Waals surface area contributed by atoms with Crippen molar-refractivity contribution in [2.45, 2.75) is 11.3 Å². The second-order valence-corrected chi connectivity index (χ2v) is 6.74. The molecule has 0 bridgehead atoms. The Labute approximate surface area is 141 Å². The predicted octanol–water partition coefficient (Wildman–Crippen LogP) is 2.10. The lowest BCUT2D eigenvalue weighted by molar-refractivity contribution is 0.354. The lowest BCUT2D eigenvalue weighted by Gasteiger charge is -2.11. The highest BCUT2D eigenvalue weighted by Crippen LogP contribution is 2.29. The molecule has 0 aliphatic carbocycles. The van der Waals surface area contributed by atoms with E-state index >= 15 is 0 Å². The maximum absolute atomic E-state index is 12.3. The number of nitrogens with one attached hydrogen (secondary N) is 1. The Bertz CT molecular complexity index is 840. The van der Waals surface area contributed by atoms with Gasteiger partial charge in [-0.25, -0.2) is 13.1 Å². The summed E-state index contributed by atoms with van der Waals surface area (Å²) in [6, 6.07) is 13.5. The van der Waals surface area contributed by atoms with Gasteiger partial charge in [0.1, 0.15) is 0 Å². The van der Waals surface area contributed by atoms with Crippen LogP contribution in [0.4, 0.5) is 0 Å². The number of hydrogen-bond acceptors (Lipinski definition) is 5. The number of nitriles is 1. The molecular formula is C17H18N2O4S. The molecule has 0 heterocycles. The maximum Gasteiger partial charge on any atom is 0.240 e. The van der Waals surface area contributed by atoms with E-state index in [1.807, 2.05) is 18.2 Å². The Morgan fingerprint density at radius 1 is 1.04 bits per heavy atom. The van der Waals surface area contributed by atoms with Gasteiger partial charge >= 0.3 is 0 Å². The zero-order chi connectivity index (χ0) is 17.6. The highest BCUT2D eigenvalue weighted by atomic mass is 32.2. The molecule has 2 rings (SSSR count). The van der Waals surface area contributed by atoms with Gasteiger partial charge in [0.25, 0.3) is 0 Å². The summed E-state index contributed by atoms with van der Waals surface area (Å²) >= 11 is 0. The molecule has 0 aliphatic rings. The second-order valence-electron chi connectivity index (χ2n) is 4.97. The van der Waals surface area contributed by atoms with Crippen LogP contribution >= 0.6 is 0 Å². The van der Waals surface area contributed by atoms with Crippen LogP contribution in [0.15, 0.2) is 47.4 Å². The van der Waals surface area contributed by atoms with Crippen molar-refractivity contribution in [1.82, 2.24) is 4.72 Å². The minimum Gasteiger partial charge on any atom is -0.493 e. The quantitative estimate of drug-likeness (QED) is 0.829. The average molecular weight is 346 g/mol. The van der Waals surface area contributed by atoms with Gasteiger partial charge in [0.05, 0.1) is 30.7 Å². The van der Waals surface area contributed by atoms with Crippen molar-refractivity contribution in [2.24, 2.45) is 0 Å². The molecule has 2 aromatic rings. The van der Waals surface area contributed by atoms with Crippen LogP contribution in [0.25, 0.3) is 0 Å². The summed E-state index contributed by atoms with van der Waals surface area (Å²) in [6.07, 6.45) is 0.526. The zero-order valence-electron chi connectivity index (χ0n) is 13.4. The predicted molar refractivity (Wildman–Crippen MR) is 89.6 cm³/mol. The molecule has 6 nitrogen and oxygen atoms in total. The molecule has 0 unspecified atom stereocenters. The van der Waals surface area contributed by atoms with Crippen molar-refractivity contribution >= 4 is 10.0 Å². The lowest BCUT2D eigenvalue weighted by Crippen LogP contribution is -2.26. The molecule has 7 heteroatoms. The van der Waals surface area contributed by atoms with E-state index in [9.17, 15) is 8.42 Å². The van der Waals surface area contributed by atoms with Crippen molar-refractivity contribution in [3.8, 4) is 17.6 Å². The van der Waals surface area contributed by atoms with Crippen LogP contribution in [0, 0.1) is 11.3 Å². The highest BCUT2D eigenvalue weighted by molar-refractivity contribution is 7.89. The minimum absolute atomic E-state index is 0.111. The van der Waals surface area contributed by atoms with Crippen molar-refractivity contribution < 1.29 is 17.9 Å². The molecule has 0 aliphatic heterocycles. The summed E-state index contributed by atoms with van der Waals surface area (Å²) < 4.78 is 37.5. The Balaban J connectivity index is 2.04. The molecule has 126 valence electrons. The summed E-state index contributed by atoms with van der Waals surface area (Å²) in [5, 5.41) is 8.76. The normalized spacial score (nSPS) is 10.9. The van der Waals surface area contributed by atoms with Crippen LogP contribution in [0.2, 0.25) is 0 Å². The number of sulfonamides is 1. The second kappa shape index (κ2) is 7.81. The van der Waals surface area contributed by atoms with E-state index in [-0.39, 0.29) is 11.4 Å². The number of rotatable bonds is 7. The highest BCUT2D eigenvalue weighted by Gasteiger charge is 2.16. The third-order valence-corrected chi connectivity index (χ3v) is 4.91. The first-order chi connectivity index (χ1) is 11.5. The van der Waals surface area contributed by atoms with Gasteiger partial charge in [-0.2, -0.15) is 5.26 Å². The average Bonchev–Trinajstić information content (AvgIpc) is 2.61. The van der Waals surface area contributed by atoms with Gasteiger partial charge in [0.15, 0.2) is 11.5 Å². The van der Waals surface area contributed by atoms with Gasteiger partial charge in [0.2, 0.25) is 10.0 Å². The fourth-order valence-electron chi connectivity index (χ4n) is 2.14. The van der Waals surface area contributed by atoms with Gasteiger partial charge in [-0.15, -0.1) is 0 Å². The summed E-state index contributed by atoms with van der Waals surface area (Å²) in [4.78, 5) is 0.111. The molecule has 2 aromatic carbocycles. The van der Waals surface area contributed by atoms with Crippen LogP contribution in [0.1, 0.15) is 11.1 Å². The van der Waals surface area contributed by atoms with Crippen molar-refractivity contribution in [3.05, 3.63) is 53.6 Å². The van der Waals surface area contributed by atoms with Crippen LogP contribution in [0.3, 0.4) is 0 Å². The molecule has 1 N–H and O–H groups in total. The topological polar surface area (TPSA) is 88.4 Å². The Kier molecular flexibility index (Phi) is 5.79. The van der Waals surface area contributed by atoms with E-state index in [1.165, 1.54) is 26.4 Å². The summed E-state index contributed by atoms with van der Waals surface area (Å²) in [5.74, 6) is 0.821. The smallest absolute Gasteiger partial charge is 0.240 e. The standard InChI is InChI=1S/C17H18N2O4S/c1-22-16-8-7-15(11-17(16)23-2)24(20,21)19-10-9-13-3-5-14(12-18)6-4-13/h3-8,11,19H,9-10H2,1-2H3. The largest absolute Gasteiger partial charge is 0.493 e. The molecule has 0 radical (unpaired) electrons. The van der Waals surface area contributed by atoms with E-state index in [4.69, 9.17) is 14.7 Å². The number of methoxy groups -OCH3 is 2. The molecule has 0 aromatic heterocycles. The van der Waals surface area contributed by atoms with Gasteiger partial charge in [-0.1, -0.05) is 12.1 Å². The maximum atomic E-state index is 12.3. The Hall–Kier alpha value is -2.56. The number of ether oxygens (including phenoxy) is 2. The third kappa shape index (κ3) is 4.25. The molecular weight excluding hydrogens is 328 g/mol. The van der Waals surface area contributed by atoms with Crippen molar-refractivity contribution in [3.63, 3.8) is 0 Å².